The van der Waals surface area contributed by atoms with Crippen molar-refractivity contribution in [3.8, 4) is 5.75 Å². The zero-order chi connectivity index (χ0) is 23.8. The number of benzene rings is 1. The zero-order valence-electron chi connectivity index (χ0n) is 17.7. The lowest BCUT2D eigenvalue weighted by atomic mass is 9.84. The van der Waals surface area contributed by atoms with Gasteiger partial charge in [0.1, 0.15) is 5.75 Å². The number of alkyl halides is 3. The van der Waals surface area contributed by atoms with Gasteiger partial charge in [-0.05, 0) is 37.0 Å². The molecule has 0 aromatic heterocycles. The summed E-state index contributed by atoms with van der Waals surface area (Å²) in [6, 6.07) is 3.54. The van der Waals surface area contributed by atoms with Crippen molar-refractivity contribution in [1.82, 2.24) is 0 Å². The Hall–Kier alpha value is -1.20. The van der Waals surface area contributed by atoms with Gasteiger partial charge < -0.3 is 25.8 Å². The second-order valence-electron chi connectivity index (χ2n) is 8.34. The third kappa shape index (κ3) is 4.57. The Labute approximate surface area is 184 Å². The van der Waals surface area contributed by atoms with Crippen molar-refractivity contribution < 1.29 is 46.8 Å². The molecule has 1 aromatic carbocycles. The number of hydrogen-bond acceptors (Lipinski definition) is 8. The zero-order valence-corrected chi connectivity index (χ0v) is 18.6. The monoisotopic (exact) mass is 483 g/mol. The Bertz CT molecular complexity index is 869. The SMILES string of the molecule is CCCCCCCOc1ccc(CCC(N)(CO)C(O)(O)C23OP2(=O)O3)cc1C(F)(F)F. The molecular weight excluding hydrogens is 454 g/mol. The van der Waals surface area contributed by atoms with Gasteiger partial charge in [0, 0.05) is 0 Å². The molecule has 2 heterocycles. The third-order valence-electron chi connectivity index (χ3n) is 5.92. The molecule has 0 radical (unpaired) electrons. The maximum Gasteiger partial charge on any atom is 0.419 e. The highest BCUT2D eigenvalue weighted by Crippen LogP contribution is 3.00. The van der Waals surface area contributed by atoms with Crippen LogP contribution in [0.1, 0.15) is 56.6 Å². The highest BCUT2D eigenvalue weighted by molar-refractivity contribution is 7.68. The van der Waals surface area contributed by atoms with E-state index in [0.717, 1.165) is 31.7 Å². The number of fused-ring (bicyclic) bond motifs is 1. The normalized spacial score (nSPS) is 26.4. The summed E-state index contributed by atoms with van der Waals surface area (Å²) in [6.45, 7) is 1.28. The number of nitrogens with two attached hydrogens (primary N) is 1. The summed E-state index contributed by atoms with van der Waals surface area (Å²) >= 11 is 0. The van der Waals surface area contributed by atoms with Crippen molar-refractivity contribution in [3.63, 3.8) is 0 Å². The largest absolute Gasteiger partial charge is 0.493 e. The maximum absolute atomic E-state index is 13.6. The summed E-state index contributed by atoms with van der Waals surface area (Å²) < 4.78 is 67.1. The number of aliphatic hydroxyl groups excluding tert-OH is 1. The smallest absolute Gasteiger partial charge is 0.419 e. The summed E-state index contributed by atoms with van der Waals surface area (Å²) in [7, 11) is -3.59. The van der Waals surface area contributed by atoms with Gasteiger partial charge in [0.15, 0.2) is 0 Å². The van der Waals surface area contributed by atoms with E-state index >= 15 is 0 Å². The number of hydrogen-bond donors (Lipinski definition) is 4. The molecule has 2 fully saturated rings. The van der Waals surface area contributed by atoms with Crippen LogP contribution in [-0.4, -0.2) is 45.4 Å². The summed E-state index contributed by atoms with van der Waals surface area (Å²) in [5.74, 6) is -3.27. The fourth-order valence-electron chi connectivity index (χ4n) is 3.62. The predicted octanol–water partition coefficient (Wildman–Crippen LogP) is 3.27. The van der Waals surface area contributed by atoms with Crippen molar-refractivity contribution in [2.24, 2.45) is 5.73 Å². The Morgan fingerprint density at radius 3 is 2.31 bits per heavy atom. The molecule has 1 aromatic rings. The van der Waals surface area contributed by atoms with Gasteiger partial charge in [0.25, 0.3) is 5.79 Å². The summed E-state index contributed by atoms with van der Waals surface area (Å²) in [5.41, 5.74) is 0.856. The average Bonchev–Trinajstić information content (AvgIpc) is 3.54. The minimum absolute atomic E-state index is 0.138. The first-order valence-electron chi connectivity index (χ1n) is 10.5. The first-order valence-corrected chi connectivity index (χ1v) is 12.1. The Kier molecular flexibility index (Phi) is 7.04. The lowest BCUT2D eigenvalue weighted by Gasteiger charge is -2.38. The highest BCUT2D eigenvalue weighted by Gasteiger charge is 3.01. The first-order chi connectivity index (χ1) is 14.9. The minimum atomic E-state index is -4.66. The molecular formula is C20H29F3NO7P. The number of ether oxygens (including phenoxy) is 1. The van der Waals surface area contributed by atoms with Crippen LogP contribution in [0, 0.1) is 0 Å². The van der Waals surface area contributed by atoms with Gasteiger partial charge in [0.2, 0.25) is 0 Å². The summed E-state index contributed by atoms with van der Waals surface area (Å²) in [4.78, 5) is 0. The van der Waals surface area contributed by atoms with Gasteiger partial charge in [-0.1, -0.05) is 38.7 Å². The topological polar surface area (TPSA) is 138 Å². The second kappa shape index (κ2) is 8.87. The van der Waals surface area contributed by atoms with E-state index in [2.05, 4.69) is 16.0 Å². The maximum atomic E-state index is 13.6. The lowest BCUT2D eigenvalue weighted by molar-refractivity contribution is -0.290. The van der Waals surface area contributed by atoms with Crippen LogP contribution < -0.4 is 10.5 Å². The summed E-state index contributed by atoms with van der Waals surface area (Å²) in [6.07, 6.45) is -0.485. The van der Waals surface area contributed by atoms with Gasteiger partial charge in [0.05, 0.1) is 24.3 Å². The van der Waals surface area contributed by atoms with Gasteiger partial charge in [-0.2, -0.15) is 13.2 Å². The van der Waals surface area contributed by atoms with Crippen LogP contribution in [0.4, 0.5) is 13.2 Å². The van der Waals surface area contributed by atoms with Crippen LogP contribution in [0.25, 0.3) is 0 Å². The van der Waals surface area contributed by atoms with E-state index in [0.29, 0.717) is 6.42 Å². The number of aliphatic hydroxyl groups is 3. The quantitative estimate of drug-likeness (QED) is 0.145. The number of rotatable bonds is 13. The van der Waals surface area contributed by atoms with Gasteiger partial charge >= 0.3 is 19.3 Å². The average molecular weight is 483 g/mol. The van der Waals surface area contributed by atoms with Crippen molar-refractivity contribution in [3.05, 3.63) is 29.3 Å². The molecule has 1 unspecified atom stereocenters. The van der Waals surface area contributed by atoms with Crippen LogP contribution >= 0.6 is 7.60 Å². The molecule has 0 spiro atoms. The molecule has 3 rings (SSSR count). The second-order valence-corrected chi connectivity index (χ2v) is 10.3. The van der Waals surface area contributed by atoms with Crippen molar-refractivity contribution in [1.29, 1.82) is 0 Å². The van der Waals surface area contributed by atoms with Crippen molar-refractivity contribution in [2.45, 2.75) is 74.9 Å². The first kappa shape index (κ1) is 25.4. The molecule has 0 amide bonds. The molecule has 1 atom stereocenters. The van der Waals surface area contributed by atoms with E-state index in [-0.39, 0.29) is 30.8 Å². The number of unbranched alkanes of at least 4 members (excludes halogenated alkanes) is 4. The molecule has 0 aliphatic carbocycles. The molecule has 182 valence electrons. The van der Waals surface area contributed by atoms with Crippen LogP contribution in [-0.2, 0) is 26.2 Å². The van der Waals surface area contributed by atoms with Crippen molar-refractivity contribution in [2.75, 3.05) is 13.2 Å². The molecule has 2 saturated heterocycles. The van der Waals surface area contributed by atoms with E-state index < -0.39 is 42.8 Å². The molecule has 2 aliphatic rings. The van der Waals surface area contributed by atoms with E-state index in [9.17, 15) is 33.1 Å². The molecule has 0 bridgehead atoms. The Morgan fingerprint density at radius 1 is 1.16 bits per heavy atom. The minimum Gasteiger partial charge on any atom is -0.493 e. The molecule has 5 N–H and O–H groups in total. The molecule has 2 aliphatic heterocycles. The van der Waals surface area contributed by atoms with Crippen LogP contribution in [0.15, 0.2) is 18.2 Å². The molecule has 12 heteroatoms. The van der Waals surface area contributed by atoms with E-state index in [1.807, 2.05) is 0 Å². The fourth-order valence-corrected chi connectivity index (χ4v) is 5.47. The summed E-state index contributed by atoms with van der Waals surface area (Å²) in [5, 5.41) is 30.4. The number of aryl methyl sites for hydroxylation is 1. The van der Waals surface area contributed by atoms with E-state index in [1.165, 1.54) is 12.1 Å². The fraction of sp³-hybridized carbons (Fsp3) is 0.700. The predicted molar refractivity (Wildman–Crippen MR) is 108 cm³/mol. The molecule has 32 heavy (non-hydrogen) atoms. The van der Waals surface area contributed by atoms with E-state index in [4.69, 9.17) is 10.5 Å². The lowest BCUT2D eigenvalue weighted by Crippen LogP contribution is -2.68. The molecule has 0 saturated carbocycles. The Balaban J connectivity index is 1.67. The Morgan fingerprint density at radius 2 is 1.78 bits per heavy atom. The van der Waals surface area contributed by atoms with Crippen LogP contribution in [0.3, 0.4) is 0 Å². The third-order valence-corrected chi connectivity index (χ3v) is 7.79. The van der Waals surface area contributed by atoms with Gasteiger partial charge in [-0.15, -0.1) is 0 Å². The highest BCUT2D eigenvalue weighted by atomic mass is 31.2. The molecule has 8 nitrogen and oxygen atoms in total. The van der Waals surface area contributed by atoms with Gasteiger partial charge in [-0.25, -0.2) is 0 Å². The van der Waals surface area contributed by atoms with Gasteiger partial charge in [-0.3, -0.25) is 13.6 Å². The van der Waals surface area contributed by atoms with Crippen LogP contribution in [0.5, 0.6) is 5.75 Å². The van der Waals surface area contributed by atoms with Crippen molar-refractivity contribution >= 4 is 7.60 Å². The van der Waals surface area contributed by atoms with E-state index in [1.54, 1.807) is 0 Å². The number of halogens is 3. The van der Waals surface area contributed by atoms with Crippen LogP contribution in [0.2, 0.25) is 0 Å². The standard InChI is InChI=1S/C20H29F3NO7P/c1-2-3-4-5-6-11-29-16-8-7-14(12-15(16)18(21,22)23)9-10-17(24,13-25)19(26,27)20-30-32(20,28)31-20/h7-8,12,25-27H,2-6,9-11,13,24H2,1H3.